The molecule has 1 aromatic rings. The third kappa shape index (κ3) is 2.33. The van der Waals surface area contributed by atoms with Crippen molar-refractivity contribution in [2.75, 3.05) is 36.7 Å². The summed E-state index contributed by atoms with van der Waals surface area (Å²) in [5.41, 5.74) is 8.87. The van der Waals surface area contributed by atoms with E-state index in [0.29, 0.717) is 30.7 Å². The van der Waals surface area contributed by atoms with Crippen molar-refractivity contribution >= 4 is 11.4 Å². The van der Waals surface area contributed by atoms with Crippen LogP contribution in [0.15, 0.2) is 6.07 Å². The fourth-order valence-corrected chi connectivity index (χ4v) is 4.73. The second-order valence-corrected chi connectivity index (χ2v) is 8.18. The maximum Gasteiger partial charge on any atom is 0.168 e. The fraction of sp³-hybridized carbons (Fsp3) is 0.667. The first-order valence-corrected chi connectivity index (χ1v) is 9.18. The van der Waals surface area contributed by atoms with Crippen LogP contribution in [0.1, 0.15) is 31.2 Å². The zero-order valence-corrected chi connectivity index (χ0v) is 14.7. The molecule has 2 atom stereocenters. The molecule has 7 heteroatoms. The molecule has 2 aliphatic carbocycles. The minimum atomic E-state index is -0.215. The lowest BCUT2D eigenvalue weighted by atomic mass is 10.0. The highest BCUT2D eigenvalue weighted by molar-refractivity contribution is 5.78. The highest BCUT2D eigenvalue weighted by Crippen LogP contribution is 2.55. The number of hydrogen-bond acceptors (Lipinski definition) is 6. The maximum atomic E-state index is 15.1. The van der Waals surface area contributed by atoms with Crippen molar-refractivity contribution in [2.24, 2.45) is 17.0 Å². The van der Waals surface area contributed by atoms with Gasteiger partial charge in [0, 0.05) is 37.1 Å². The summed E-state index contributed by atoms with van der Waals surface area (Å²) in [6, 6.07) is 2.40. The lowest BCUT2D eigenvalue weighted by Gasteiger charge is -2.38. The Morgan fingerprint density at radius 3 is 2.68 bits per heavy atom. The van der Waals surface area contributed by atoms with Gasteiger partial charge in [-0.1, -0.05) is 0 Å². The summed E-state index contributed by atoms with van der Waals surface area (Å²) in [4.78, 5) is 4.43. The third-order valence-electron chi connectivity index (χ3n) is 6.40. The molecule has 136 valence electrons. The van der Waals surface area contributed by atoms with Crippen LogP contribution in [-0.2, 0) is 6.54 Å². The Morgan fingerprint density at radius 2 is 2.08 bits per heavy atom. The highest BCUT2D eigenvalue weighted by atomic mass is 19.1. The summed E-state index contributed by atoms with van der Waals surface area (Å²) in [5, 5.41) is 1.74. The van der Waals surface area contributed by atoms with E-state index in [4.69, 9.17) is 16.3 Å². The summed E-state index contributed by atoms with van der Waals surface area (Å²) < 4.78 is 20.9. The van der Waals surface area contributed by atoms with Gasteiger partial charge in [-0.25, -0.2) is 9.40 Å². The van der Waals surface area contributed by atoms with Crippen molar-refractivity contribution < 1.29 is 9.13 Å². The standard InChI is InChI=1S/C18H26FN5O/c1-25-17-15-11(8-23(21)10-24(15)12-2-3-12)6-13(19)16(17)22-5-4-18(9-22)7-14(18)20/h6,12,14H,2-5,7-10,20-21H2,1H3. The van der Waals surface area contributed by atoms with Gasteiger partial charge in [0.15, 0.2) is 11.6 Å². The normalized spacial score (nSPS) is 31.6. The molecular formula is C18H26FN5O. The molecule has 1 aromatic carbocycles. The number of hydrazine groups is 1. The van der Waals surface area contributed by atoms with E-state index < -0.39 is 0 Å². The molecule has 2 unspecified atom stereocenters. The number of rotatable bonds is 3. The van der Waals surface area contributed by atoms with E-state index >= 15 is 4.39 Å². The second-order valence-electron chi connectivity index (χ2n) is 8.18. The summed E-state index contributed by atoms with van der Waals surface area (Å²) in [6.07, 6.45) is 4.40. The first-order chi connectivity index (χ1) is 12.0. The molecule has 6 nitrogen and oxygen atoms in total. The van der Waals surface area contributed by atoms with Gasteiger partial charge in [-0.3, -0.25) is 5.84 Å². The first kappa shape index (κ1) is 15.7. The van der Waals surface area contributed by atoms with E-state index in [9.17, 15) is 0 Å². The molecule has 25 heavy (non-hydrogen) atoms. The quantitative estimate of drug-likeness (QED) is 0.805. The highest BCUT2D eigenvalue weighted by Gasteiger charge is 2.56. The molecule has 0 bridgehead atoms. The molecule has 4 aliphatic rings. The van der Waals surface area contributed by atoms with Gasteiger partial charge in [-0.05, 0) is 37.3 Å². The number of ether oxygens (including phenoxy) is 1. The van der Waals surface area contributed by atoms with E-state index in [1.807, 2.05) is 0 Å². The van der Waals surface area contributed by atoms with Crippen molar-refractivity contribution in [1.82, 2.24) is 5.01 Å². The molecule has 4 N–H and O–H groups in total. The van der Waals surface area contributed by atoms with Crippen LogP contribution in [0, 0.1) is 11.2 Å². The Morgan fingerprint density at radius 1 is 1.32 bits per heavy atom. The van der Waals surface area contributed by atoms with Gasteiger partial charge in [-0.2, -0.15) is 0 Å². The van der Waals surface area contributed by atoms with Crippen molar-refractivity contribution in [3.63, 3.8) is 0 Å². The number of fused-ring (bicyclic) bond motifs is 1. The van der Waals surface area contributed by atoms with Gasteiger partial charge < -0.3 is 20.3 Å². The number of methoxy groups -OCH3 is 1. The topological polar surface area (TPSA) is 71.0 Å². The molecular weight excluding hydrogens is 321 g/mol. The fourth-order valence-electron chi connectivity index (χ4n) is 4.73. The van der Waals surface area contributed by atoms with Crippen molar-refractivity contribution in [1.29, 1.82) is 0 Å². The van der Waals surface area contributed by atoms with E-state index in [1.165, 1.54) is 0 Å². The van der Waals surface area contributed by atoms with Crippen molar-refractivity contribution in [3.05, 3.63) is 17.4 Å². The van der Waals surface area contributed by atoms with E-state index in [1.54, 1.807) is 18.2 Å². The van der Waals surface area contributed by atoms with Gasteiger partial charge in [-0.15, -0.1) is 0 Å². The van der Waals surface area contributed by atoms with Crippen LogP contribution >= 0.6 is 0 Å². The third-order valence-corrected chi connectivity index (χ3v) is 6.40. The molecule has 2 aliphatic heterocycles. The van der Waals surface area contributed by atoms with Gasteiger partial charge in [0.2, 0.25) is 0 Å². The predicted octanol–water partition coefficient (Wildman–Crippen LogP) is 1.38. The number of anilines is 2. The smallest absolute Gasteiger partial charge is 0.168 e. The van der Waals surface area contributed by atoms with Gasteiger partial charge in [0.1, 0.15) is 5.69 Å². The Balaban J connectivity index is 1.59. The number of hydrogen-bond donors (Lipinski definition) is 2. The second kappa shape index (κ2) is 5.22. The summed E-state index contributed by atoms with van der Waals surface area (Å²) >= 11 is 0. The van der Waals surface area contributed by atoms with Crippen LogP contribution in [-0.4, -0.2) is 44.0 Å². The summed E-state index contributed by atoms with van der Waals surface area (Å²) in [7, 11) is 1.65. The average Bonchev–Trinajstić information content (AvgIpc) is 3.46. The van der Waals surface area contributed by atoms with Crippen LogP contribution in [0.25, 0.3) is 0 Å². The zero-order chi connectivity index (χ0) is 17.3. The average molecular weight is 347 g/mol. The van der Waals surface area contributed by atoms with Gasteiger partial charge >= 0.3 is 0 Å². The summed E-state index contributed by atoms with van der Waals surface area (Å²) in [6.45, 7) is 2.87. The molecule has 1 saturated heterocycles. The van der Waals surface area contributed by atoms with Gasteiger partial charge in [0.05, 0.1) is 19.5 Å². The van der Waals surface area contributed by atoms with Crippen LogP contribution in [0.2, 0.25) is 0 Å². The predicted molar refractivity (Wildman–Crippen MR) is 94.9 cm³/mol. The molecule has 0 aromatic heterocycles. The molecule has 3 fully saturated rings. The zero-order valence-electron chi connectivity index (χ0n) is 14.7. The molecule has 5 rings (SSSR count). The molecule has 0 radical (unpaired) electrons. The first-order valence-electron chi connectivity index (χ1n) is 9.18. The Hall–Kier alpha value is -1.57. The Kier molecular flexibility index (Phi) is 3.27. The maximum absolute atomic E-state index is 15.1. The minimum Gasteiger partial charge on any atom is -0.492 e. The van der Waals surface area contributed by atoms with Crippen LogP contribution in [0.5, 0.6) is 5.75 Å². The van der Waals surface area contributed by atoms with E-state index in [-0.39, 0.29) is 17.3 Å². The monoisotopic (exact) mass is 347 g/mol. The number of nitrogens with zero attached hydrogens (tertiary/aromatic N) is 3. The van der Waals surface area contributed by atoms with Crippen LogP contribution < -0.4 is 26.1 Å². The lowest BCUT2D eigenvalue weighted by Crippen LogP contribution is -2.47. The van der Waals surface area contributed by atoms with Crippen LogP contribution in [0.3, 0.4) is 0 Å². The van der Waals surface area contributed by atoms with E-state index in [2.05, 4.69) is 9.80 Å². The van der Waals surface area contributed by atoms with Gasteiger partial charge in [0.25, 0.3) is 0 Å². The SMILES string of the molecule is COc1c(N2CCC3(CC3N)C2)c(F)cc2c1N(C1CC1)CN(N)C2. The number of benzene rings is 1. The molecule has 1 spiro atoms. The molecule has 2 saturated carbocycles. The Bertz CT molecular complexity index is 724. The lowest BCUT2D eigenvalue weighted by molar-refractivity contribution is 0.255. The minimum absolute atomic E-state index is 0.192. The summed E-state index contributed by atoms with van der Waals surface area (Å²) in [5.74, 6) is 6.52. The number of halogens is 1. The molecule has 0 amide bonds. The molecule has 2 heterocycles. The Labute approximate surface area is 147 Å². The largest absolute Gasteiger partial charge is 0.492 e. The van der Waals surface area contributed by atoms with Crippen molar-refractivity contribution in [2.45, 2.75) is 44.3 Å². The van der Waals surface area contributed by atoms with E-state index in [0.717, 1.165) is 50.0 Å². The van der Waals surface area contributed by atoms with Crippen LogP contribution in [0.4, 0.5) is 15.8 Å². The number of nitrogens with two attached hydrogens (primary N) is 2. The van der Waals surface area contributed by atoms with Crippen molar-refractivity contribution in [3.8, 4) is 5.75 Å².